The van der Waals surface area contributed by atoms with E-state index in [4.69, 9.17) is 9.47 Å². The fraction of sp³-hybridized carbons (Fsp3) is 0.294. The molecule has 0 saturated carbocycles. The Hall–Kier alpha value is -1.55. The number of alkyl halides is 1. The molecule has 2 aromatic carbocycles. The van der Waals surface area contributed by atoms with Gasteiger partial charge in [0.25, 0.3) is 0 Å². The van der Waals surface area contributed by atoms with Crippen molar-refractivity contribution in [3.8, 4) is 11.5 Å². The van der Waals surface area contributed by atoms with Crippen LogP contribution in [0.3, 0.4) is 0 Å². The molecule has 0 saturated heterocycles. The number of hydrogen-bond donors (Lipinski definition) is 0. The molecule has 0 bridgehead atoms. The summed E-state index contributed by atoms with van der Waals surface area (Å²) in [5, 5.41) is 0. The summed E-state index contributed by atoms with van der Waals surface area (Å²) < 4.78 is 24.8. The molecule has 0 amide bonds. The molecule has 0 aliphatic rings. The molecule has 0 aliphatic heterocycles. The molecule has 0 fully saturated rings. The van der Waals surface area contributed by atoms with Crippen LogP contribution in [0.4, 0.5) is 4.39 Å². The van der Waals surface area contributed by atoms with Crippen molar-refractivity contribution in [1.29, 1.82) is 0 Å². The fourth-order valence-electron chi connectivity index (χ4n) is 2.45. The van der Waals surface area contributed by atoms with Crippen LogP contribution in [-0.4, -0.2) is 14.2 Å². The lowest BCUT2D eigenvalue weighted by Gasteiger charge is -2.19. The summed E-state index contributed by atoms with van der Waals surface area (Å²) in [4.78, 5) is -0.237. The van der Waals surface area contributed by atoms with Crippen molar-refractivity contribution in [2.45, 2.75) is 18.7 Å². The van der Waals surface area contributed by atoms with Gasteiger partial charge in [-0.2, -0.15) is 0 Å². The van der Waals surface area contributed by atoms with Crippen LogP contribution in [0.2, 0.25) is 0 Å². The van der Waals surface area contributed by atoms with E-state index in [2.05, 4.69) is 15.9 Å². The zero-order valence-corrected chi connectivity index (χ0v) is 14.1. The molecule has 0 heterocycles. The average molecular weight is 353 g/mol. The fourth-order valence-corrected chi connectivity index (χ4v) is 3.52. The highest BCUT2D eigenvalue weighted by Crippen LogP contribution is 2.40. The minimum Gasteiger partial charge on any atom is -0.493 e. The standard InChI is InChI=1S/C17H18BrFO2/c1-10-6-5-7-11(2)16(10)17(18)12-8-14(20-3)15(21-4)9-13(12)19/h5-9,17H,1-4H3. The Balaban J connectivity index is 2.56. The highest BCUT2D eigenvalue weighted by molar-refractivity contribution is 9.09. The van der Waals surface area contributed by atoms with Crippen LogP contribution in [0.5, 0.6) is 11.5 Å². The van der Waals surface area contributed by atoms with Crippen LogP contribution in [0.15, 0.2) is 30.3 Å². The molecule has 0 N–H and O–H groups in total. The largest absolute Gasteiger partial charge is 0.493 e. The van der Waals surface area contributed by atoms with Gasteiger partial charge >= 0.3 is 0 Å². The van der Waals surface area contributed by atoms with Gasteiger partial charge in [-0.1, -0.05) is 34.1 Å². The van der Waals surface area contributed by atoms with Crippen LogP contribution >= 0.6 is 15.9 Å². The van der Waals surface area contributed by atoms with Gasteiger partial charge < -0.3 is 9.47 Å². The molecule has 0 spiro atoms. The molecular formula is C17H18BrFO2. The van der Waals surface area contributed by atoms with Crippen LogP contribution in [0.25, 0.3) is 0 Å². The summed E-state index contributed by atoms with van der Waals surface area (Å²) in [5.74, 6) is 0.585. The van der Waals surface area contributed by atoms with E-state index in [1.165, 1.54) is 13.2 Å². The lowest BCUT2D eigenvalue weighted by atomic mass is 9.95. The molecule has 2 nitrogen and oxygen atoms in total. The first-order valence-electron chi connectivity index (χ1n) is 6.61. The second kappa shape index (κ2) is 6.48. The van der Waals surface area contributed by atoms with E-state index in [1.54, 1.807) is 13.2 Å². The normalized spacial score (nSPS) is 12.1. The quantitative estimate of drug-likeness (QED) is 0.725. The number of benzene rings is 2. The smallest absolute Gasteiger partial charge is 0.163 e. The van der Waals surface area contributed by atoms with Gasteiger partial charge in [-0.15, -0.1) is 0 Å². The summed E-state index contributed by atoms with van der Waals surface area (Å²) in [5.41, 5.74) is 3.84. The second-order valence-corrected chi connectivity index (χ2v) is 5.81. The number of halogens is 2. The van der Waals surface area contributed by atoms with E-state index < -0.39 is 0 Å². The van der Waals surface area contributed by atoms with Crippen LogP contribution in [0.1, 0.15) is 27.1 Å². The Kier molecular flexibility index (Phi) is 4.88. The first kappa shape index (κ1) is 15.8. The second-order valence-electron chi connectivity index (χ2n) is 4.90. The van der Waals surface area contributed by atoms with Crippen molar-refractivity contribution in [1.82, 2.24) is 0 Å². The topological polar surface area (TPSA) is 18.5 Å². The SMILES string of the molecule is COc1cc(F)c(C(Br)c2c(C)cccc2C)cc1OC. The van der Waals surface area contributed by atoms with Gasteiger partial charge in [-0.25, -0.2) is 4.39 Å². The van der Waals surface area contributed by atoms with Crippen molar-refractivity contribution < 1.29 is 13.9 Å². The van der Waals surface area contributed by atoms with Gasteiger partial charge in [-0.05, 0) is 36.6 Å². The van der Waals surface area contributed by atoms with Crippen molar-refractivity contribution in [2.24, 2.45) is 0 Å². The van der Waals surface area contributed by atoms with Crippen LogP contribution < -0.4 is 9.47 Å². The van der Waals surface area contributed by atoms with Gasteiger partial charge in [0.1, 0.15) is 5.82 Å². The van der Waals surface area contributed by atoms with Crippen LogP contribution in [-0.2, 0) is 0 Å². The van der Waals surface area contributed by atoms with Crippen molar-refractivity contribution in [3.63, 3.8) is 0 Å². The predicted octanol–water partition coefficient (Wildman–Crippen LogP) is 4.94. The van der Waals surface area contributed by atoms with Crippen molar-refractivity contribution >= 4 is 15.9 Å². The number of rotatable bonds is 4. The minimum absolute atomic E-state index is 0.237. The lowest BCUT2D eigenvalue weighted by molar-refractivity contribution is 0.351. The summed E-state index contributed by atoms with van der Waals surface area (Å²) in [6.07, 6.45) is 0. The molecular weight excluding hydrogens is 335 g/mol. The number of ether oxygens (including phenoxy) is 2. The van der Waals surface area contributed by atoms with E-state index >= 15 is 0 Å². The molecule has 21 heavy (non-hydrogen) atoms. The Morgan fingerprint density at radius 3 is 2.05 bits per heavy atom. The van der Waals surface area contributed by atoms with Gasteiger partial charge in [0, 0.05) is 11.6 Å². The van der Waals surface area contributed by atoms with Gasteiger partial charge in [0.05, 0.1) is 19.0 Å². The Morgan fingerprint density at radius 1 is 1.00 bits per heavy atom. The zero-order valence-electron chi connectivity index (χ0n) is 12.5. The number of aryl methyl sites for hydroxylation is 2. The van der Waals surface area contributed by atoms with Gasteiger partial charge in [0.15, 0.2) is 11.5 Å². The summed E-state index contributed by atoms with van der Waals surface area (Å²) in [7, 11) is 3.04. The number of methoxy groups -OCH3 is 2. The molecule has 4 heteroatoms. The van der Waals surface area contributed by atoms with E-state index in [1.807, 2.05) is 32.0 Å². The molecule has 2 rings (SSSR count). The Bertz CT molecular complexity index is 635. The van der Waals surface area contributed by atoms with Crippen LogP contribution in [0, 0.1) is 19.7 Å². The minimum atomic E-state index is -0.322. The van der Waals surface area contributed by atoms with E-state index in [-0.39, 0.29) is 10.6 Å². The Labute approximate surface area is 133 Å². The van der Waals surface area contributed by atoms with Gasteiger partial charge in [-0.3, -0.25) is 0 Å². The van der Waals surface area contributed by atoms with Gasteiger partial charge in [0.2, 0.25) is 0 Å². The maximum absolute atomic E-state index is 14.4. The summed E-state index contributed by atoms with van der Waals surface area (Å²) in [6.45, 7) is 4.05. The molecule has 1 atom stereocenters. The molecule has 0 radical (unpaired) electrons. The third-order valence-corrected chi connectivity index (χ3v) is 4.52. The molecule has 2 aromatic rings. The van der Waals surface area contributed by atoms with E-state index in [0.29, 0.717) is 17.1 Å². The summed E-state index contributed by atoms with van der Waals surface area (Å²) >= 11 is 3.62. The van der Waals surface area contributed by atoms with E-state index in [9.17, 15) is 4.39 Å². The predicted molar refractivity (Wildman–Crippen MR) is 86.2 cm³/mol. The first-order valence-corrected chi connectivity index (χ1v) is 7.52. The van der Waals surface area contributed by atoms with E-state index in [0.717, 1.165) is 16.7 Å². The van der Waals surface area contributed by atoms with Crippen molar-refractivity contribution in [2.75, 3.05) is 14.2 Å². The number of hydrogen-bond acceptors (Lipinski definition) is 2. The molecule has 112 valence electrons. The highest BCUT2D eigenvalue weighted by Gasteiger charge is 2.21. The molecule has 0 aliphatic carbocycles. The maximum Gasteiger partial charge on any atom is 0.163 e. The van der Waals surface area contributed by atoms with Crippen molar-refractivity contribution in [3.05, 3.63) is 58.4 Å². The zero-order chi connectivity index (χ0) is 15.6. The highest BCUT2D eigenvalue weighted by atomic mass is 79.9. The lowest BCUT2D eigenvalue weighted by Crippen LogP contribution is -2.03. The maximum atomic E-state index is 14.4. The third kappa shape index (κ3) is 3.05. The Morgan fingerprint density at radius 2 is 1.52 bits per heavy atom. The summed E-state index contributed by atoms with van der Waals surface area (Å²) in [6, 6.07) is 9.08. The average Bonchev–Trinajstić information content (AvgIpc) is 2.46. The first-order chi connectivity index (χ1) is 9.99. The molecule has 0 aromatic heterocycles. The monoisotopic (exact) mass is 352 g/mol. The third-order valence-electron chi connectivity index (χ3n) is 3.57. The molecule has 1 unspecified atom stereocenters.